The molecule has 1 heterocycles. The summed E-state index contributed by atoms with van der Waals surface area (Å²) in [6, 6.07) is 6.37. The fraction of sp³-hybridized carbons (Fsp3) is 0.630. The number of carbonyl (C=O) groups excluding carboxylic acids is 2. The zero-order valence-corrected chi connectivity index (χ0v) is 21.7. The van der Waals surface area contributed by atoms with Crippen molar-refractivity contribution in [3.8, 4) is 0 Å². The predicted molar refractivity (Wildman–Crippen MR) is 137 cm³/mol. The van der Waals surface area contributed by atoms with Crippen molar-refractivity contribution in [1.29, 1.82) is 0 Å². The van der Waals surface area contributed by atoms with Gasteiger partial charge in [-0.15, -0.1) is 0 Å². The minimum Gasteiger partial charge on any atom is -0.449 e. The quantitative estimate of drug-likeness (QED) is 0.353. The third-order valence-electron chi connectivity index (χ3n) is 6.90. The Morgan fingerprint density at radius 3 is 2.51 bits per heavy atom. The largest absolute Gasteiger partial charge is 0.449 e. The Bertz CT molecular complexity index is 985. The number of fused-ring (bicyclic) bond motifs is 1. The van der Waals surface area contributed by atoms with E-state index in [1.807, 2.05) is 19.9 Å². The van der Waals surface area contributed by atoms with Crippen LogP contribution >= 0.6 is 11.6 Å². The Labute approximate surface area is 212 Å². The number of hydrogen-bond donors (Lipinski definition) is 4. The van der Waals surface area contributed by atoms with Crippen LogP contribution in [-0.2, 0) is 4.79 Å². The Kier molecular flexibility index (Phi) is 10.0. The predicted octanol–water partition coefficient (Wildman–Crippen LogP) is 4.68. The standard InChI is InChI=1S/C27H39ClN2O5/c1-16(2)12-22(31)24(32)21(13-18-8-5-4-6-9-18)30-26(33)17(3)15-29-27(34)23-14-19-10-7-11-20(28)25(19)35-23/h7,10-11,14,16-18,21-22,24,31-32H,4-6,8-9,12-13,15H2,1-3H3,(H,29,34)(H,30,33)/t17-,21-,22-,24+/m0/s1. The van der Waals surface area contributed by atoms with Gasteiger partial charge in [0.2, 0.25) is 5.91 Å². The summed E-state index contributed by atoms with van der Waals surface area (Å²) in [4.78, 5) is 25.6. The van der Waals surface area contributed by atoms with Crippen LogP contribution < -0.4 is 10.6 Å². The molecule has 7 nitrogen and oxygen atoms in total. The van der Waals surface area contributed by atoms with Gasteiger partial charge < -0.3 is 25.3 Å². The maximum Gasteiger partial charge on any atom is 0.287 e. The number of carbonyl (C=O) groups is 2. The van der Waals surface area contributed by atoms with E-state index < -0.39 is 30.1 Å². The molecule has 35 heavy (non-hydrogen) atoms. The fourth-order valence-corrected chi connectivity index (χ4v) is 5.07. The summed E-state index contributed by atoms with van der Waals surface area (Å²) in [6.07, 6.45) is 4.85. The number of nitrogens with one attached hydrogen (secondary N) is 2. The number of para-hydroxylation sites is 1. The Hall–Kier alpha value is -2.09. The molecule has 0 unspecified atom stereocenters. The third-order valence-corrected chi connectivity index (χ3v) is 7.19. The average molecular weight is 507 g/mol. The van der Waals surface area contributed by atoms with Crippen molar-refractivity contribution in [3.63, 3.8) is 0 Å². The Morgan fingerprint density at radius 1 is 1.14 bits per heavy atom. The molecule has 3 rings (SSSR count). The third kappa shape index (κ3) is 7.69. The second kappa shape index (κ2) is 12.7. The molecule has 1 aliphatic carbocycles. The monoisotopic (exact) mass is 506 g/mol. The first-order valence-corrected chi connectivity index (χ1v) is 13.2. The molecule has 1 fully saturated rings. The van der Waals surface area contributed by atoms with Crippen LogP contribution in [0.4, 0.5) is 0 Å². The van der Waals surface area contributed by atoms with Crippen LogP contribution in [0.5, 0.6) is 0 Å². The van der Waals surface area contributed by atoms with Crippen molar-refractivity contribution in [2.75, 3.05) is 6.54 Å². The molecule has 4 N–H and O–H groups in total. The normalized spacial score (nSPS) is 18.3. The molecule has 0 radical (unpaired) electrons. The average Bonchev–Trinajstić information content (AvgIpc) is 3.27. The summed E-state index contributed by atoms with van der Waals surface area (Å²) in [5.74, 6) is -0.450. The number of hydrogen-bond acceptors (Lipinski definition) is 5. The first kappa shape index (κ1) is 27.5. The summed E-state index contributed by atoms with van der Waals surface area (Å²) in [5, 5.41) is 28.3. The van der Waals surface area contributed by atoms with Crippen LogP contribution in [0.1, 0.15) is 76.3 Å². The van der Waals surface area contributed by atoms with Crippen LogP contribution in [0.15, 0.2) is 28.7 Å². The molecule has 0 bridgehead atoms. The van der Waals surface area contributed by atoms with Gasteiger partial charge in [-0.3, -0.25) is 9.59 Å². The van der Waals surface area contributed by atoms with Crippen molar-refractivity contribution in [3.05, 3.63) is 35.0 Å². The number of rotatable bonds is 11. The van der Waals surface area contributed by atoms with Gasteiger partial charge in [-0.25, -0.2) is 0 Å². The van der Waals surface area contributed by atoms with Crippen molar-refractivity contribution in [1.82, 2.24) is 10.6 Å². The van der Waals surface area contributed by atoms with Crippen LogP contribution in [0.25, 0.3) is 11.0 Å². The number of benzene rings is 1. The summed E-state index contributed by atoms with van der Waals surface area (Å²) in [6.45, 7) is 5.81. The van der Waals surface area contributed by atoms with Gasteiger partial charge in [0, 0.05) is 11.9 Å². The number of aliphatic hydroxyl groups excluding tert-OH is 2. The van der Waals surface area contributed by atoms with E-state index in [1.54, 1.807) is 25.1 Å². The van der Waals surface area contributed by atoms with Gasteiger partial charge in [0.15, 0.2) is 11.3 Å². The molecule has 1 aromatic carbocycles. The van der Waals surface area contributed by atoms with E-state index in [1.165, 1.54) is 6.42 Å². The van der Waals surface area contributed by atoms with E-state index in [2.05, 4.69) is 10.6 Å². The van der Waals surface area contributed by atoms with Crippen LogP contribution in [0.2, 0.25) is 5.02 Å². The number of aliphatic hydroxyl groups is 2. The highest BCUT2D eigenvalue weighted by Crippen LogP contribution is 2.29. The van der Waals surface area contributed by atoms with E-state index in [-0.39, 0.29) is 24.1 Å². The molecule has 2 amide bonds. The van der Waals surface area contributed by atoms with Crippen LogP contribution in [0.3, 0.4) is 0 Å². The van der Waals surface area contributed by atoms with Gasteiger partial charge in [0.25, 0.3) is 5.91 Å². The molecule has 0 aliphatic heterocycles. The number of furan rings is 1. The van der Waals surface area contributed by atoms with Gasteiger partial charge in [0.05, 0.1) is 23.1 Å². The molecule has 1 aromatic heterocycles. The van der Waals surface area contributed by atoms with E-state index >= 15 is 0 Å². The molecular formula is C27H39ClN2O5. The Balaban J connectivity index is 1.59. The van der Waals surface area contributed by atoms with E-state index in [0.717, 1.165) is 31.1 Å². The first-order chi connectivity index (χ1) is 16.7. The SMILES string of the molecule is CC(C)C[C@H](O)[C@H](O)[C@H](CC1CCCCC1)NC(=O)[C@@H](C)CNC(=O)c1cc2cccc(Cl)c2o1. The van der Waals surface area contributed by atoms with E-state index in [0.29, 0.717) is 29.4 Å². The smallest absolute Gasteiger partial charge is 0.287 e. The second-order valence-electron chi connectivity index (χ2n) is 10.4. The van der Waals surface area contributed by atoms with Crippen molar-refractivity contribution < 1.29 is 24.2 Å². The second-order valence-corrected chi connectivity index (χ2v) is 10.8. The molecular weight excluding hydrogens is 468 g/mol. The maximum absolute atomic E-state index is 13.0. The van der Waals surface area contributed by atoms with Crippen LogP contribution in [0, 0.1) is 17.8 Å². The molecule has 2 aromatic rings. The fourth-order valence-electron chi connectivity index (χ4n) is 4.85. The summed E-state index contributed by atoms with van der Waals surface area (Å²) < 4.78 is 5.59. The zero-order valence-electron chi connectivity index (χ0n) is 20.9. The molecule has 0 saturated heterocycles. The molecule has 8 heteroatoms. The van der Waals surface area contributed by atoms with E-state index in [4.69, 9.17) is 16.0 Å². The summed E-state index contributed by atoms with van der Waals surface area (Å²) in [5.41, 5.74) is 0.449. The zero-order chi connectivity index (χ0) is 25.5. The highest BCUT2D eigenvalue weighted by atomic mass is 35.5. The first-order valence-electron chi connectivity index (χ1n) is 12.8. The van der Waals surface area contributed by atoms with E-state index in [9.17, 15) is 19.8 Å². The van der Waals surface area contributed by atoms with Crippen LogP contribution in [-0.4, -0.2) is 46.8 Å². The molecule has 1 saturated carbocycles. The van der Waals surface area contributed by atoms with Gasteiger partial charge in [-0.05, 0) is 36.8 Å². The molecule has 0 spiro atoms. The summed E-state index contributed by atoms with van der Waals surface area (Å²) >= 11 is 6.12. The lowest BCUT2D eigenvalue weighted by Gasteiger charge is -2.33. The minimum atomic E-state index is -1.04. The lowest BCUT2D eigenvalue weighted by molar-refractivity contribution is -0.127. The van der Waals surface area contributed by atoms with Gasteiger partial charge >= 0.3 is 0 Å². The van der Waals surface area contributed by atoms with Gasteiger partial charge in [-0.2, -0.15) is 0 Å². The van der Waals surface area contributed by atoms with Gasteiger partial charge in [0.1, 0.15) is 6.10 Å². The number of amides is 2. The molecule has 194 valence electrons. The minimum absolute atomic E-state index is 0.107. The van der Waals surface area contributed by atoms with Crippen molar-refractivity contribution >= 4 is 34.4 Å². The summed E-state index contributed by atoms with van der Waals surface area (Å²) in [7, 11) is 0. The molecule has 4 atom stereocenters. The van der Waals surface area contributed by atoms with Gasteiger partial charge in [-0.1, -0.05) is 76.6 Å². The highest BCUT2D eigenvalue weighted by molar-refractivity contribution is 6.34. The lowest BCUT2D eigenvalue weighted by atomic mass is 9.82. The molecule has 1 aliphatic rings. The highest BCUT2D eigenvalue weighted by Gasteiger charge is 2.32. The Morgan fingerprint density at radius 2 is 1.86 bits per heavy atom. The van der Waals surface area contributed by atoms with Crippen molar-refractivity contribution in [2.45, 2.75) is 84.0 Å². The van der Waals surface area contributed by atoms with Crippen molar-refractivity contribution in [2.24, 2.45) is 17.8 Å². The maximum atomic E-state index is 13.0. The number of halogens is 1. The topological polar surface area (TPSA) is 112 Å². The lowest BCUT2D eigenvalue weighted by Crippen LogP contribution is -2.52.